The lowest BCUT2D eigenvalue weighted by Gasteiger charge is -2.13. The smallest absolute Gasteiger partial charge is 0.270 e. The topological polar surface area (TPSA) is 24.7 Å². The maximum absolute atomic E-state index is 12.6. The van der Waals surface area contributed by atoms with Crippen LogP contribution < -0.4 is 0 Å². The molecule has 0 N–H and O–H groups in total. The Morgan fingerprint density at radius 3 is 1.70 bits per heavy atom. The Morgan fingerprint density at radius 1 is 0.950 bits per heavy atom. The van der Waals surface area contributed by atoms with E-state index in [9.17, 15) is 26.3 Å². The van der Waals surface area contributed by atoms with Gasteiger partial charge in [0.1, 0.15) is 0 Å². The van der Waals surface area contributed by atoms with Gasteiger partial charge < -0.3 is 0 Å². The monoisotopic (exact) mass is 296 g/mol. The van der Waals surface area contributed by atoms with Crippen LogP contribution in [-0.4, -0.2) is 19.1 Å². The highest BCUT2D eigenvalue weighted by Crippen LogP contribution is 2.36. The van der Waals surface area contributed by atoms with E-state index in [1.165, 1.54) is 20.2 Å². The maximum Gasteiger partial charge on any atom is 0.416 e. The molecule has 0 amide bonds. The summed E-state index contributed by atoms with van der Waals surface area (Å²) in [6.45, 7) is 1.48. The molecule has 0 spiro atoms. The minimum Gasteiger partial charge on any atom is -0.270 e. The van der Waals surface area contributed by atoms with Crippen molar-refractivity contribution in [2.24, 2.45) is 9.98 Å². The molecule has 0 heterocycles. The van der Waals surface area contributed by atoms with E-state index in [0.29, 0.717) is 12.1 Å². The van der Waals surface area contributed by atoms with Crippen molar-refractivity contribution < 1.29 is 26.3 Å². The number of halogens is 6. The van der Waals surface area contributed by atoms with Crippen LogP contribution in [0.5, 0.6) is 0 Å². The molecule has 0 atom stereocenters. The zero-order valence-electron chi connectivity index (χ0n) is 10.5. The summed E-state index contributed by atoms with van der Waals surface area (Å²) in [6.07, 6.45) is -8.54. The summed E-state index contributed by atoms with van der Waals surface area (Å²) in [4.78, 5) is 7.23. The molecule has 0 aliphatic heterocycles. The number of hydrogen-bond donors (Lipinski definition) is 0. The van der Waals surface area contributed by atoms with E-state index in [1.54, 1.807) is 0 Å². The third kappa shape index (κ3) is 3.82. The fraction of sp³-hybridized carbons (Fsp3) is 0.333. The summed E-state index contributed by atoms with van der Waals surface area (Å²) < 4.78 is 75.9. The Balaban J connectivity index is 3.54. The van der Waals surface area contributed by atoms with Gasteiger partial charge in [0.25, 0.3) is 0 Å². The van der Waals surface area contributed by atoms with Crippen LogP contribution in [0.3, 0.4) is 0 Å². The van der Waals surface area contributed by atoms with Crippen molar-refractivity contribution >= 4 is 12.1 Å². The van der Waals surface area contributed by atoms with Crippen molar-refractivity contribution in [2.75, 3.05) is 7.05 Å². The van der Waals surface area contributed by atoms with Crippen molar-refractivity contribution in [3.8, 4) is 0 Å². The van der Waals surface area contributed by atoms with Gasteiger partial charge in [-0.05, 0) is 25.1 Å². The number of rotatable bonds is 1. The largest absolute Gasteiger partial charge is 0.416 e. The number of benzene rings is 1. The average molecular weight is 296 g/mol. The number of alkyl halides is 6. The van der Waals surface area contributed by atoms with E-state index >= 15 is 0 Å². The quantitative estimate of drug-likeness (QED) is 0.422. The standard InChI is InChI=1S/C12H10F6N2/c1-3-20-10(19-2)7-4-8(11(13,14)15)6-9(5-7)12(16,17)18/h3-6H,1-2H3. The molecule has 20 heavy (non-hydrogen) atoms. The molecule has 2 nitrogen and oxygen atoms in total. The van der Waals surface area contributed by atoms with Gasteiger partial charge in [-0.3, -0.25) is 4.99 Å². The fourth-order valence-corrected chi connectivity index (χ4v) is 1.47. The van der Waals surface area contributed by atoms with Crippen LogP contribution in [0.1, 0.15) is 23.6 Å². The summed E-state index contributed by atoms with van der Waals surface area (Å²) in [6, 6.07) is 1.24. The number of aliphatic imine (C=N–C) groups is 2. The molecular formula is C12H10F6N2. The highest BCUT2D eigenvalue weighted by Gasteiger charge is 2.37. The number of amidine groups is 1. The zero-order valence-corrected chi connectivity index (χ0v) is 10.5. The minimum absolute atomic E-state index is 0.0619. The van der Waals surface area contributed by atoms with Crippen molar-refractivity contribution in [1.29, 1.82) is 0 Å². The molecule has 0 unspecified atom stereocenters. The second-order valence-corrected chi connectivity index (χ2v) is 3.73. The first-order valence-electron chi connectivity index (χ1n) is 5.35. The first kappa shape index (κ1) is 16.2. The molecule has 0 saturated carbocycles. The molecule has 0 fully saturated rings. The Labute approximate surface area is 110 Å². The van der Waals surface area contributed by atoms with Gasteiger partial charge in [-0.1, -0.05) is 0 Å². The van der Waals surface area contributed by atoms with E-state index in [4.69, 9.17) is 0 Å². The van der Waals surface area contributed by atoms with Crippen LogP contribution in [-0.2, 0) is 12.4 Å². The normalized spacial score (nSPS) is 14.1. The van der Waals surface area contributed by atoms with Crippen molar-refractivity contribution in [2.45, 2.75) is 19.3 Å². The summed E-state index contributed by atoms with van der Waals surface area (Å²) >= 11 is 0. The molecule has 0 bridgehead atoms. The van der Waals surface area contributed by atoms with Crippen LogP contribution in [0.4, 0.5) is 26.3 Å². The Bertz CT molecular complexity index is 508. The lowest BCUT2D eigenvalue weighted by molar-refractivity contribution is -0.143. The first-order valence-corrected chi connectivity index (χ1v) is 5.35. The third-order valence-corrected chi connectivity index (χ3v) is 2.31. The van der Waals surface area contributed by atoms with Gasteiger partial charge in [0.2, 0.25) is 0 Å². The molecule has 0 saturated heterocycles. The van der Waals surface area contributed by atoms with Gasteiger partial charge in [-0.2, -0.15) is 26.3 Å². The molecule has 0 aliphatic rings. The molecule has 8 heteroatoms. The zero-order chi connectivity index (χ0) is 15.6. The summed E-state index contributed by atoms with van der Waals surface area (Å²) in [5.74, 6) is -0.205. The second-order valence-electron chi connectivity index (χ2n) is 3.73. The summed E-state index contributed by atoms with van der Waals surface area (Å²) in [5, 5.41) is 0. The maximum atomic E-state index is 12.6. The van der Waals surface area contributed by atoms with E-state index in [-0.39, 0.29) is 17.5 Å². The fourth-order valence-electron chi connectivity index (χ4n) is 1.47. The van der Waals surface area contributed by atoms with Gasteiger partial charge in [-0.15, -0.1) is 0 Å². The lowest BCUT2D eigenvalue weighted by Crippen LogP contribution is -2.13. The van der Waals surface area contributed by atoms with Crippen molar-refractivity contribution in [3.05, 3.63) is 34.9 Å². The Kier molecular flexibility index (Phi) is 4.57. The SMILES string of the molecule is CC=NC(=NC)c1cc(C(F)(F)F)cc(C(F)(F)F)c1. The first-order chi connectivity index (χ1) is 9.09. The summed E-state index contributed by atoms with van der Waals surface area (Å²) in [7, 11) is 1.23. The molecule has 1 aromatic carbocycles. The van der Waals surface area contributed by atoms with Gasteiger partial charge in [0, 0.05) is 18.8 Å². The predicted molar refractivity (Wildman–Crippen MR) is 63.1 cm³/mol. The Morgan fingerprint density at radius 2 is 1.40 bits per heavy atom. The predicted octanol–water partition coefficient (Wildman–Crippen LogP) is 4.19. The molecule has 0 radical (unpaired) electrons. The van der Waals surface area contributed by atoms with E-state index in [2.05, 4.69) is 9.98 Å². The molecular weight excluding hydrogens is 286 g/mol. The van der Waals surface area contributed by atoms with E-state index in [0.717, 1.165) is 0 Å². The van der Waals surface area contributed by atoms with Gasteiger partial charge in [0.05, 0.1) is 11.1 Å². The molecule has 1 rings (SSSR count). The van der Waals surface area contributed by atoms with Crippen molar-refractivity contribution in [3.63, 3.8) is 0 Å². The van der Waals surface area contributed by atoms with Crippen molar-refractivity contribution in [1.82, 2.24) is 0 Å². The van der Waals surface area contributed by atoms with Crippen LogP contribution in [0, 0.1) is 0 Å². The van der Waals surface area contributed by atoms with Gasteiger partial charge in [0.15, 0.2) is 5.84 Å². The number of nitrogens with zero attached hydrogens (tertiary/aromatic N) is 2. The highest BCUT2D eigenvalue weighted by molar-refractivity contribution is 6.03. The van der Waals surface area contributed by atoms with Gasteiger partial charge >= 0.3 is 12.4 Å². The average Bonchev–Trinajstić information content (AvgIpc) is 2.33. The third-order valence-electron chi connectivity index (χ3n) is 2.31. The van der Waals surface area contributed by atoms with Crippen LogP contribution >= 0.6 is 0 Å². The van der Waals surface area contributed by atoms with E-state index < -0.39 is 23.5 Å². The number of hydrogen-bond acceptors (Lipinski definition) is 1. The lowest BCUT2D eigenvalue weighted by atomic mass is 10.0. The van der Waals surface area contributed by atoms with E-state index in [1.807, 2.05) is 0 Å². The molecule has 110 valence electrons. The van der Waals surface area contributed by atoms with Crippen LogP contribution in [0.2, 0.25) is 0 Å². The van der Waals surface area contributed by atoms with Gasteiger partial charge in [-0.25, -0.2) is 4.99 Å². The highest BCUT2D eigenvalue weighted by atomic mass is 19.4. The summed E-state index contributed by atoms with van der Waals surface area (Å²) in [5.41, 5.74) is -3.13. The molecule has 1 aromatic rings. The Hall–Kier alpha value is -1.86. The van der Waals surface area contributed by atoms with Crippen LogP contribution in [0.25, 0.3) is 0 Å². The minimum atomic E-state index is -4.88. The van der Waals surface area contributed by atoms with Crippen LogP contribution in [0.15, 0.2) is 28.2 Å². The molecule has 0 aromatic heterocycles. The molecule has 0 aliphatic carbocycles. The second kappa shape index (κ2) is 5.64.